The van der Waals surface area contributed by atoms with Crippen LogP contribution in [0.5, 0.6) is 0 Å². The van der Waals surface area contributed by atoms with Gasteiger partial charge in [-0.25, -0.2) is 0 Å². The summed E-state index contributed by atoms with van der Waals surface area (Å²) >= 11 is 1.51. The highest BCUT2D eigenvalue weighted by Crippen LogP contribution is 2.37. The van der Waals surface area contributed by atoms with Crippen molar-refractivity contribution in [1.82, 2.24) is 4.90 Å². The van der Waals surface area contributed by atoms with Crippen molar-refractivity contribution in [2.24, 2.45) is 5.73 Å². The molecule has 1 aromatic rings. The van der Waals surface area contributed by atoms with E-state index in [-0.39, 0.29) is 5.91 Å². The molecule has 1 aliphatic carbocycles. The van der Waals surface area contributed by atoms with Crippen molar-refractivity contribution < 1.29 is 9.59 Å². The van der Waals surface area contributed by atoms with Gasteiger partial charge in [0, 0.05) is 4.88 Å². The lowest BCUT2D eigenvalue weighted by Gasteiger charge is -2.17. The van der Waals surface area contributed by atoms with Gasteiger partial charge in [-0.05, 0) is 44.3 Å². The van der Waals surface area contributed by atoms with E-state index in [1.54, 1.807) is 0 Å². The average molecular weight is 309 g/mol. The molecule has 0 spiro atoms. The molecule has 3 N–H and O–H groups in total. The molecule has 1 heterocycles. The number of hydrogen-bond acceptors (Lipinski definition) is 4. The minimum atomic E-state index is -0.437. The molecular weight excluding hydrogens is 286 g/mol. The number of primary amides is 1. The second kappa shape index (κ2) is 7.04. The Hall–Kier alpha value is -1.40. The topological polar surface area (TPSA) is 75.4 Å². The lowest BCUT2D eigenvalue weighted by Crippen LogP contribution is -2.33. The van der Waals surface area contributed by atoms with Crippen molar-refractivity contribution in [3.63, 3.8) is 0 Å². The zero-order chi connectivity index (χ0) is 15.4. The van der Waals surface area contributed by atoms with Gasteiger partial charge in [0.15, 0.2) is 0 Å². The van der Waals surface area contributed by atoms with E-state index in [0.29, 0.717) is 17.1 Å². The number of aryl methyl sites for hydroxylation is 1. The van der Waals surface area contributed by atoms with Gasteiger partial charge in [-0.15, -0.1) is 11.3 Å². The Morgan fingerprint density at radius 1 is 1.24 bits per heavy atom. The molecule has 0 atom stereocenters. The third-order valence-electron chi connectivity index (χ3n) is 3.93. The molecule has 0 unspecified atom stereocenters. The molecule has 0 aromatic carbocycles. The van der Waals surface area contributed by atoms with Crippen LogP contribution in [0, 0.1) is 0 Å². The van der Waals surface area contributed by atoms with Crippen molar-refractivity contribution in [1.29, 1.82) is 0 Å². The first-order valence-corrected chi connectivity index (χ1v) is 8.35. The maximum Gasteiger partial charge on any atom is 0.251 e. The van der Waals surface area contributed by atoms with Gasteiger partial charge in [0.1, 0.15) is 5.00 Å². The summed E-state index contributed by atoms with van der Waals surface area (Å²) in [6.07, 6.45) is 4.08. The number of thiophene rings is 1. The third kappa shape index (κ3) is 3.63. The zero-order valence-electron chi connectivity index (χ0n) is 12.7. The van der Waals surface area contributed by atoms with Crippen LogP contribution in [-0.4, -0.2) is 36.3 Å². The van der Waals surface area contributed by atoms with Gasteiger partial charge in [-0.2, -0.15) is 0 Å². The summed E-state index contributed by atoms with van der Waals surface area (Å²) in [6.45, 7) is 6.04. The van der Waals surface area contributed by atoms with E-state index < -0.39 is 5.91 Å². The highest BCUT2D eigenvalue weighted by molar-refractivity contribution is 7.17. The van der Waals surface area contributed by atoms with Crippen LogP contribution in [0.3, 0.4) is 0 Å². The summed E-state index contributed by atoms with van der Waals surface area (Å²) in [5.41, 5.74) is 7.10. The van der Waals surface area contributed by atoms with Gasteiger partial charge < -0.3 is 11.1 Å². The van der Waals surface area contributed by atoms with Crippen LogP contribution < -0.4 is 11.1 Å². The van der Waals surface area contributed by atoms with Crippen LogP contribution in [-0.2, 0) is 17.6 Å². The molecule has 21 heavy (non-hydrogen) atoms. The molecule has 0 fully saturated rings. The Bertz CT molecular complexity index is 535. The van der Waals surface area contributed by atoms with Crippen molar-refractivity contribution in [2.75, 3.05) is 25.0 Å². The normalized spacial score (nSPS) is 14.0. The molecule has 0 saturated carbocycles. The van der Waals surface area contributed by atoms with E-state index >= 15 is 0 Å². The van der Waals surface area contributed by atoms with Crippen LogP contribution in [0.1, 0.15) is 47.5 Å². The number of rotatable bonds is 6. The van der Waals surface area contributed by atoms with E-state index in [1.807, 2.05) is 18.7 Å². The Balaban J connectivity index is 2.18. The first kappa shape index (κ1) is 16.0. The minimum absolute atomic E-state index is 0.0835. The number of nitrogens with one attached hydrogen (secondary N) is 1. The molecule has 1 aromatic heterocycles. The highest BCUT2D eigenvalue weighted by atomic mass is 32.1. The van der Waals surface area contributed by atoms with Crippen LogP contribution in [0.25, 0.3) is 0 Å². The summed E-state index contributed by atoms with van der Waals surface area (Å²) in [5, 5.41) is 3.52. The van der Waals surface area contributed by atoms with Crippen molar-refractivity contribution >= 4 is 28.2 Å². The van der Waals surface area contributed by atoms with Crippen LogP contribution >= 0.6 is 11.3 Å². The molecular formula is C15H23N3O2S. The maximum absolute atomic E-state index is 12.1. The van der Waals surface area contributed by atoms with E-state index in [1.165, 1.54) is 16.2 Å². The number of anilines is 1. The van der Waals surface area contributed by atoms with Crippen molar-refractivity contribution in [3.8, 4) is 0 Å². The molecule has 0 radical (unpaired) electrons. The molecule has 116 valence electrons. The van der Waals surface area contributed by atoms with Crippen molar-refractivity contribution in [2.45, 2.75) is 39.5 Å². The Kier molecular flexibility index (Phi) is 5.36. The number of amides is 2. The molecule has 0 bridgehead atoms. The second-order valence-electron chi connectivity index (χ2n) is 5.29. The Morgan fingerprint density at radius 3 is 2.52 bits per heavy atom. The number of fused-ring (bicyclic) bond motifs is 1. The van der Waals surface area contributed by atoms with Crippen molar-refractivity contribution in [3.05, 3.63) is 16.0 Å². The van der Waals surface area contributed by atoms with Crippen LogP contribution in [0.15, 0.2) is 0 Å². The van der Waals surface area contributed by atoms with Gasteiger partial charge in [0.05, 0.1) is 12.1 Å². The molecule has 2 amide bonds. The third-order valence-corrected chi connectivity index (χ3v) is 5.14. The number of nitrogens with zero attached hydrogens (tertiary/aromatic N) is 1. The summed E-state index contributed by atoms with van der Waals surface area (Å²) in [7, 11) is 0. The molecule has 1 aliphatic rings. The lowest BCUT2D eigenvalue weighted by molar-refractivity contribution is -0.117. The fourth-order valence-electron chi connectivity index (χ4n) is 2.73. The fourth-order valence-corrected chi connectivity index (χ4v) is 4.04. The van der Waals surface area contributed by atoms with Gasteiger partial charge >= 0.3 is 0 Å². The maximum atomic E-state index is 12.1. The van der Waals surface area contributed by atoms with E-state index in [4.69, 9.17) is 5.73 Å². The summed E-state index contributed by atoms with van der Waals surface area (Å²) in [4.78, 5) is 27.1. The molecule has 0 aliphatic heterocycles. The summed E-state index contributed by atoms with van der Waals surface area (Å²) in [5.74, 6) is -0.521. The molecule has 6 heteroatoms. The van der Waals surface area contributed by atoms with Gasteiger partial charge in [-0.3, -0.25) is 14.5 Å². The minimum Gasteiger partial charge on any atom is -0.365 e. The number of nitrogens with two attached hydrogens (primary N) is 1. The predicted molar refractivity (Wildman–Crippen MR) is 85.9 cm³/mol. The Labute approximate surface area is 129 Å². The van der Waals surface area contributed by atoms with E-state index in [9.17, 15) is 9.59 Å². The van der Waals surface area contributed by atoms with Gasteiger partial charge in [0.2, 0.25) is 5.91 Å². The number of carbonyl (C=O) groups is 2. The van der Waals surface area contributed by atoms with Gasteiger partial charge in [-0.1, -0.05) is 13.8 Å². The molecule has 0 saturated heterocycles. The first-order valence-electron chi connectivity index (χ1n) is 7.53. The SMILES string of the molecule is CCN(CC)CC(=O)Nc1sc2c(c1C(N)=O)CCCC2. The number of likely N-dealkylation sites (N-methyl/N-ethyl adjacent to an activating group) is 1. The second-order valence-corrected chi connectivity index (χ2v) is 6.39. The monoisotopic (exact) mass is 309 g/mol. The molecule has 2 rings (SSSR count). The quantitative estimate of drug-likeness (QED) is 0.844. The number of carbonyl (C=O) groups excluding carboxylic acids is 2. The van der Waals surface area contributed by atoms with Gasteiger partial charge in [0.25, 0.3) is 5.91 Å². The predicted octanol–water partition coefficient (Wildman–Crippen LogP) is 2.01. The van der Waals surface area contributed by atoms with E-state index in [0.717, 1.165) is 44.3 Å². The van der Waals surface area contributed by atoms with Crippen LogP contribution in [0.2, 0.25) is 0 Å². The number of hydrogen-bond donors (Lipinski definition) is 2. The lowest BCUT2D eigenvalue weighted by atomic mass is 9.95. The summed E-state index contributed by atoms with van der Waals surface area (Å²) in [6, 6.07) is 0. The van der Waals surface area contributed by atoms with Crippen LogP contribution in [0.4, 0.5) is 5.00 Å². The fraction of sp³-hybridized carbons (Fsp3) is 0.600. The zero-order valence-corrected chi connectivity index (χ0v) is 13.5. The first-order chi connectivity index (χ1) is 10.1. The standard InChI is InChI=1S/C15H23N3O2S/c1-3-18(4-2)9-12(19)17-15-13(14(16)20)10-7-5-6-8-11(10)21-15/h3-9H2,1-2H3,(H2,16,20)(H,17,19). The Morgan fingerprint density at radius 2 is 1.90 bits per heavy atom. The smallest absolute Gasteiger partial charge is 0.251 e. The largest absolute Gasteiger partial charge is 0.365 e. The highest BCUT2D eigenvalue weighted by Gasteiger charge is 2.25. The average Bonchev–Trinajstić information content (AvgIpc) is 2.82. The summed E-state index contributed by atoms with van der Waals surface area (Å²) < 4.78 is 0. The molecule has 5 nitrogen and oxygen atoms in total. The van der Waals surface area contributed by atoms with E-state index in [2.05, 4.69) is 5.32 Å².